The van der Waals surface area contributed by atoms with Crippen molar-refractivity contribution in [2.24, 2.45) is 5.73 Å². The second-order valence-electron chi connectivity index (χ2n) is 7.71. The van der Waals surface area contributed by atoms with E-state index < -0.39 is 6.04 Å². The minimum absolute atomic E-state index is 0.00550. The lowest BCUT2D eigenvalue weighted by Gasteiger charge is -2.40. The molecule has 2 saturated heterocycles. The van der Waals surface area contributed by atoms with Gasteiger partial charge in [0.05, 0.1) is 24.9 Å². The predicted molar refractivity (Wildman–Crippen MR) is 97.4 cm³/mol. The third kappa shape index (κ3) is 2.91. The molecule has 3 heterocycles. The van der Waals surface area contributed by atoms with Gasteiger partial charge in [-0.25, -0.2) is 4.98 Å². The molecule has 8 nitrogen and oxygen atoms in total. The smallest absolute Gasteiger partial charge is 0.255 e. The van der Waals surface area contributed by atoms with E-state index in [0.29, 0.717) is 32.3 Å². The summed E-state index contributed by atoms with van der Waals surface area (Å²) in [6.45, 7) is 5.88. The summed E-state index contributed by atoms with van der Waals surface area (Å²) in [5.41, 5.74) is 7.43. The van der Waals surface area contributed by atoms with Gasteiger partial charge in [0, 0.05) is 37.2 Å². The summed E-state index contributed by atoms with van der Waals surface area (Å²) >= 11 is 0. The largest absolute Gasteiger partial charge is 0.378 e. The van der Waals surface area contributed by atoms with Gasteiger partial charge >= 0.3 is 0 Å². The van der Waals surface area contributed by atoms with Gasteiger partial charge in [0.2, 0.25) is 11.9 Å². The Hall–Kier alpha value is -1.93. The molecular weight excluding hydrogens is 334 g/mol. The summed E-state index contributed by atoms with van der Waals surface area (Å²) in [6, 6.07) is -0.464. The summed E-state index contributed by atoms with van der Waals surface area (Å²) in [4.78, 5) is 36.6. The summed E-state index contributed by atoms with van der Waals surface area (Å²) in [6.07, 6.45) is 3.39. The maximum Gasteiger partial charge on any atom is 0.255 e. The van der Waals surface area contributed by atoms with Crippen molar-refractivity contribution in [1.82, 2.24) is 14.9 Å². The van der Waals surface area contributed by atoms with Crippen LogP contribution in [0, 0.1) is 0 Å². The number of rotatable bonds is 2. The van der Waals surface area contributed by atoms with Crippen LogP contribution in [0.1, 0.15) is 37.4 Å². The number of H-pyrrole nitrogens is 1. The van der Waals surface area contributed by atoms with Crippen LogP contribution in [0.3, 0.4) is 0 Å². The number of hydrogen-bond acceptors (Lipinski definition) is 6. The fourth-order valence-corrected chi connectivity index (χ4v) is 4.49. The molecule has 0 radical (unpaired) electrons. The normalized spacial score (nSPS) is 23.2. The fourth-order valence-electron chi connectivity index (χ4n) is 4.49. The average Bonchev–Trinajstić information content (AvgIpc) is 3.01. The van der Waals surface area contributed by atoms with E-state index in [1.165, 1.54) is 0 Å². The number of carbonyl (C=O) groups excluding carboxylic acids is 1. The molecule has 142 valence electrons. The molecule has 1 aromatic heterocycles. The number of ether oxygens (including phenoxy) is 1. The van der Waals surface area contributed by atoms with Crippen molar-refractivity contribution < 1.29 is 9.53 Å². The van der Waals surface area contributed by atoms with Gasteiger partial charge in [-0.3, -0.25) is 14.6 Å². The number of amides is 1. The van der Waals surface area contributed by atoms with Crippen LogP contribution in [0.4, 0.5) is 5.95 Å². The summed E-state index contributed by atoms with van der Waals surface area (Å²) in [5, 5.41) is 0. The van der Waals surface area contributed by atoms with E-state index in [1.54, 1.807) is 6.92 Å². The molecule has 8 heteroatoms. The van der Waals surface area contributed by atoms with Gasteiger partial charge in [-0.15, -0.1) is 0 Å². The van der Waals surface area contributed by atoms with Crippen molar-refractivity contribution in [3.8, 4) is 0 Å². The van der Waals surface area contributed by atoms with Crippen LogP contribution in [0.25, 0.3) is 0 Å². The molecule has 3 aliphatic rings. The van der Waals surface area contributed by atoms with E-state index in [0.717, 1.165) is 50.0 Å². The van der Waals surface area contributed by atoms with Crippen LogP contribution in [-0.4, -0.2) is 66.2 Å². The molecule has 2 fully saturated rings. The molecule has 1 unspecified atom stereocenters. The maximum absolute atomic E-state index is 12.6. The van der Waals surface area contributed by atoms with Gasteiger partial charge in [-0.1, -0.05) is 0 Å². The zero-order valence-electron chi connectivity index (χ0n) is 15.3. The van der Waals surface area contributed by atoms with E-state index in [9.17, 15) is 9.59 Å². The van der Waals surface area contributed by atoms with Crippen molar-refractivity contribution in [1.29, 1.82) is 0 Å². The highest BCUT2D eigenvalue weighted by Gasteiger charge is 2.45. The van der Waals surface area contributed by atoms with Crippen LogP contribution in [0.5, 0.6) is 0 Å². The van der Waals surface area contributed by atoms with Gasteiger partial charge in [-0.05, 0) is 32.6 Å². The molecule has 0 bridgehead atoms. The molecule has 1 aliphatic carbocycles. The standard InChI is InChI=1S/C18H27N5O3/c1-12(19)16(25)22-6-4-18(5-7-22)3-2-13-14(18)20-17(21-15(13)24)23-8-10-26-11-9-23/h12H,2-11,19H2,1H3,(H,20,21,24). The third-order valence-corrected chi connectivity index (χ3v) is 6.09. The molecule has 1 amide bonds. The van der Waals surface area contributed by atoms with E-state index >= 15 is 0 Å². The number of carbonyl (C=O) groups is 1. The molecule has 4 rings (SSSR count). The zero-order chi connectivity index (χ0) is 18.3. The highest BCUT2D eigenvalue weighted by molar-refractivity contribution is 5.81. The Bertz CT molecular complexity index is 746. The van der Waals surface area contributed by atoms with Crippen molar-refractivity contribution in [2.45, 2.75) is 44.1 Å². The Labute approximate surface area is 152 Å². The van der Waals surface area contributed by atoms with Crippen LogP contribution < -0.4 is 16.2 Å². The minimum atomic E-state index is -0.464. The average molecular weight is 361 g/mol. The van der Waals surface area contributed by atoms with Crippen molar-refractivity contribution >= 4 is 11.9 Å². The number of nitrogens with zero attached hydrogens (tertiary/aromatic N) is 3. The molecule has 0 aromatic carbocycles. The van der Waals surface area contributed by atoms with E-state index in [4.69, 9.17) is 15.5 Å². The molecule has 2 aliphatic heterocycles. The van der Waals surface area contributed by atoms with Crippen LogP contribution in [0.2, 0.25) is 0 Å². The van der Waals surface area contributed by atoms with Crippen LogP contribution in [0.15, 0.2) is 4.79 Å². The summed E-state index contributed by atoms with van der Waals surface area (Å²) in [7, 11) is 0. The molecular formula is C18H27N5O3. The SMILES string of the molecule is CC(N)C(=O)N1CCC2(CCc3c2nc(N2CCOCC2)[nH]c3=O)CC1. The number of morpholine rings is 1. The number of nitrogens with one attached hydrogen (secondary N) is 1. The molecule has 26 heavy (non-hydrogen) atoms. The van der Waals surface area contributed by atoms with Crippen LogP contribution >= 0.6 is 0 Å². The molecule has 0 saturated carbocycles. The zero-order valence-corrected chi connectivity index (χ0v) is 15.3. The van der Waals surface area contributed by atoms with E-state index in [-0.39, 0.29) is 16.9 Å². The summed E-state index contributed by atoms with van der Waals surface area (Å²) < 4.78 is 5.40. The lowest BCUT2D eigenvalue weighted by atomic mass is 9.76. The first-order valence-corrected chi connectivity index (χ1v) is 9.51. The Morgan fingerprint density at radius 3 is 2.58 bits per heavy atom. The fraction of sp³-hybridized carbons (Fsp3) is 0.722. The molecule has 3 N–H and O–H groups in total. The third-order valence-electron chi connectivity index (χ3n) is 6.09. The topological polar surface area (TPSA) is 105 Å². The Morgan fingerprint density at radius 1 is 1.23 bits per heavy atom. The first-order valence-electron chi connectivity index (χ1n) is 9.51. The Morgan fingerprint density at radius 2 is 1.92 bits per heavy atom. The van der Waals surface area contributed by atoms with Crippen LogP contribution in [-0.2, 0) is 21.4 Å². The lowest BCUT2D eigenvalue weighted by Crippen LogP contribution is -2.49. The highest BCUT2D eigenvalue weighted by atomic mass is 16.5. The van der Waals surface area contributed by atoms with Gasteiger partial charge in [0.15, 0.2) is 0 Å². The Kier molecular flexibility index (Phi) is 4.48. The number of nitrogens with two attached hydrogens (primary N) is 1. The predicted octanol–water partition coefficient (Wildman–Crippen LogP) is -0.240. The molecule has 1 spiro atoms. The number of anilines is 1. The number of aromatic nitrogens is 2. The molecule has 1 atom stereocenters. The first-order chi connectivity index (χ1) is 12.5. The highest BCUT2D eigenvalue weighted by Crippen LogP contribution is 2.44. The molecule has 1 aromatic rings. The number of aromatic amines is 1. The van der Waals surface area contributed by atoms with Gasteiger partial charge < -0.3 is 20.3 Å². The van der Waals surface area contributed by atoms with Gasteiger partial charge in [0.1, 0.15) is 0 Å². The van der Waals surface area contributed by atoms with Gasteiger partial charge in [-0.2, -0.15) is 0 Å². The van der Waals surface area contributed by atoms with E-state index in [1.807, 2.05) is 4.90 Å². The maximum atomic E-state index is 12.6. The number of likely N-dealkylation sites (tertiary alicyclic amines) is 1. The van der Waals surface area contributed by atoms with Crippen molar-refractivity contribution in [2.75, 3.05) is 44.3 Å². The lowest BCUT2D eigenvalue weighted by molar-refractivity contribution is -0.133. The monoisotopic (exact) mass is 361 g/mol. The summed E-state index contributed by atoms with van der Waals surface area (Å²) in [5.74, 6) is 0.665. The first kappa shape index (κ1) is 17.5. The number of hydrogen-bond donors (Lipinski definition) is 2. The minimum Gasteiger partial charge on any atom is -0.378 e. The second kappa shape index (κ2) is 6.66. The quantitative estimate of drug-likeness (QED) is 0.753. The van der Waals surface area contributed by atoms with Crippen molar-refractivity contribution in [3.05, 3.63) is 21.6 Å². The number of fused-ring (bicyclic) bond motifs is 2. The second-order valence-corrected chi connectivity index (χ2v) is 7.71. The van der Waals surface area contributed by atoms with E-state index in [2.05, 4.69) is 9.88 Å². The van der Waals surface area contributed by atoms with Crippen molar-refractivity contribution in [3.63, 3.8) is 0 Å². The van der Waals surface area contributed by atoms with Gasteiger partial charge in [0.25, 0.3) is 5.56 Å². The number of piperidine rings is 1. The Balaban J connectivity index is 1.60.